The Bertz CT molecular complexity index is 1350. The van der Waals surface area contributed by atoms with Gasteiger partial charge in [0.15, 0.2) is 0 Å². The topological polar surface area (TPSA) is 108 Å². The van der Waals surface area contributed by atoms with Gasteiger partial charge in [-0.25, -0.2) is 23.7 Å². The van der Waals surface area contributed by atoms with Crippen molar-refractivity contribution < 1.29 is 9.00 Å². The van der Waals surface area contributed by atoms with Gasteiger partial charge in [-0.2, -0.15) is 0 Å². The molecule has 2 amide bonds. The van der Waals surface area contributed by atoms with E-state index in [-0.39, 0.29) is 11.6 Å². The summed E-state index contributed by atoms with van der Waals surface area (Å²) >= 11 is 3.00. The summed E-state index contributed by atoms with van der Waals surface area (Å²) in [4.78, 5) is 22.7. The van der Waals surface area contributed by atoms with Gasteiger partial charge in [0.1, 0.15) is 21.0 Å². The van der Waals surface area contributed by atoms with Gasteiger partial charge in [-0.3, -0.25) is 0 Å². The Morgan fingerprint density at radius 2 is 1.81 bits per heavy atom. The van der Waals surface area contributed by atoms with Crippen LogP contribution in [0, 0.1) is 0 Å². The maximum absolute atomic E-state index is 13.4. The van der Waals surface area contributed by atoms with E-state index in [9.17, 15) is 9.00 Å². The maximum Gasteiger partial charge on any atom is 0.319 e. The monoisotopic (exact) mass is 540 g/mol. The number of urea groups is 1. The molecule has 1 unspecified atom stereocenters. The summed E-state index contributed by atoms with van der Waals surface area (Å²) in [5.41, 5.74) is 3.01. The third kappa shape index (κ3) is 6.76. The van der Waals surface area contributed by atoms with Gasteiger partial charge in [0, 0.05) is 52.9 Å². The van der Waals surface area contributed by atoms with E-state index in [1.807, 2.05) is 63.5 Å². The summed E-state index contributed by atoms with van der Waals surface area (Å²) < 4.78 is 16.5. The van der Waals surface area contributed by atoms with Crippen LogP contribution in [-0.4, -0.2) is 32.8 Å². The fourth-order valence-electron chi connectivity index (χ4n) is 3.27. The van der Waals surface area contributed by atoms with E-state index in [4.69, 9.17) is 0 Å². The van der Waals surface area contributed by atoms with Crippen molar-refractivity contribution in [2.45, 2.75) is 37.8 Å². The van der Waals surface area contributed by atoms with Crippen molar-refractivity contribution in [2.75, 3.05) is 17.7 Å². The standard InChI is InChI=1S/C25H28N6O2S3/c1-25(2,3)31-36(33)21-13-18(30-24(32)29-15-22-27-11-12-34-22)9-10-19(21)20-14-28-23(35-20)16-5-7-17(26-4)8-6-16/h5-14,26,31H,15H2,1-4H3,(H2,29,30,32). The molecule has 0 aliphatic rings. The fraction of sp³-hybridized carbons (Fsp3) is 0.240. The first-order valence-electron chi connectivity index (χ1n) is 11.2. The molecule has 2 aromatic carbocycles. The lowest BCUT2D eigenvalue weighted by atomic mass is 10.1. The molecule has 4 N–H and O–H groups in total. The summed E-state index contributed by atoms with van der Waals surface area (Å²) in [5.74, 6) is 0. The molecule has 0 bridgehead atoms. The van der Waals surface area contributed by atoms with Crippen LogP contribution in [0.15, 0.2) is 65.1 Å². The quantitative estimate of drug-likeness (QED) is 0.229. The van der Waals surface area contributed by atoms with Gasteiger partial charge in [-0.15, -0.1) is 22.7 Å². The van der Waals surface area contributed by atoms with Crippen LogP contribution in [-0.2, 0) is 17.5 Å². The van der Waals surface area contributed by atoms with Gasteiger partial charge >= 0.3 is 6.03 Å². The highest BCUT2D eigenvalue weighted by atomic mass is 32.2. The van der Waals surface area contributed by atoms with Crippen LogP contribution in [0.4, 0.5) is 16.2 Å². The largest absolute Gasteiger partial charge is 0.388 e. The van der Waals surface area contributed by atoms with Crippen LogP contribution in [0.3, 0.4) is 0 Å². The number of carbonyl (C=O) groups is 1. The summed E-state index contributed by atoms with van der Waals surface area (Å²) in [6, 6.07) is 13.1. The zero-order chi connectivity index (χ0) is 25.7. The van der Waals surface area contributed by atoms with Crippen LogP contribution in [0.5, 0.6) is 0 Å². The molecule has 2 heterocycles. The van der Waals surface area contributed by atoms with Crippen LogP contribution in [0.1, 0.15) is 25.8 Å². The first-order valence-corrected chi connectivity index (χ1v) is 14.1. The molecule has 8 nitrogen and oxygen atoms in total. The number of anilines is 2. The van der Waals surface area contributed by atoms with Crippen molar-refractivity contribution in [3.05, 3.63) is 65.2 Å². The first-order chi connectivity index (χ1) is 17.2. The molecule has 0 aliphatic carbocycles. The summed E-state index contributed by atoms with van der Waals surface area (Å²) in [5, 5.41) is 12.3. The maximum atomic E-state index is 13.4. The molecular weight excluding hydrogens is 513 g/mol. The highest BCUT2D eigenvalue weighted by Crippen LogP contribution is 2.36. The molecule has 1 atom stereocenters. The van der Waals surface area contributed by atoms with Gasteiger partial charge in [-0.1, -0.05) is 6.07 Å². The third-order valence-corrected chi connectivity index (χ3v) is 8.31. The van der Waals surface area contributed by atoms with Crippen molar-refractivity contribution in [3.63, 3.8) is 0 Å². The Balaban J connectivity index is 1.60. The number of thiazole rings is 2. The minimum absolute atomic E-state index is 0.338. The lowest BCUT2D eigenvalue weighted by Crippen LogP contribution is -2.37. The van der Waals surface area contributed by atoms with Crippen LogP contribution < -0.4 is 20.7 Å². The number of hydrogen-bond acceptors (Lipinski definition) is 7. The lowest BCUT2D eigenvalue weighted by molar-refractivity contribution is 0.251. The number of hydrogen-bond donors (Lipinski definition) is 4. The van der Waals surface area contributed by atoms with Gasteiger partial charge in [0.25, 0.3) is 0 Å². The molecule has 0 fully saturated rings. The second-order valence-electron chi connectivity index (χ2n) is 8.92. The third-order valence-electron chi connectivity index (χ3n) is 4.91. The molecule has 4 rings (SSSR count). The predicted molar refractivity (Wildman–Crippen MR) is 150 cm³/mol. The van der Waals surface area contributed by atoms with Gasteiger partial charge in [-0.05, 0) is 57.2 Å². The van der Waals surface area contributed by atoms with Gasteiger partial charge in [0.05, 0.1) is 16.3 Å². The van der Waals surface area contributed by atoms with Crippen LogP contribution >= 0.6 is 22.7 Å². The number of nitrogens with one attached hydrogen (secondary N) is 4. The SMILES string of the molecule is CNc1ccc(-c2ncc(-c3ccc(NC(=O)NCc4nccs4)cc3S(=O)NC(C)(C)C)s2)cc1. The Morgan fingerprint density at radius 1 is 1.06 bits per heavy atom. The molecule has 0 radical (unpaired) electrons. The average Bonchev–Trinajstić information content (AvgIpc) is 3.54. The molecule has 11 heteroatoms. The van der Waals surface area contributed by atoms with E-state index in [1.54, 1.807) is 24.5 Å². The number of nitrogens with zero attached hydrogens (tertiary/aromatic N) is 2. The molecule has 0 aliphatic heterocycles. The number of aromatic nitrogens is 2. The number of rotatable bonds is 8. The van der Waals surface area contributed by atoms with E-state index < -0.39 is 11.0 Å². The Labute approximate surface area is 221 Å². The smallest absolute Gasteiger partial charge is 0.319 e. The Hall–Kier alpha value is -3.12. The van der Waals surface area contributed by atoms with Crippen molar-refractivity contribution in [1.29, 1.82) is 0 Å². The average molecular weight is 541 g/mol. The molecule has 4 aromatic rings. The van der Waals surface area contributed by atoms with Crippen molar-refractivity contribution in [1.82, 2.24) is 20.0 Å². The Morgan fingerprint density at radius 3 is 2.47 bits per heavy atom. The second-order valence-corrected chi connectivity index (χ2v) is 12.1. The minimum Gasteiger partial charge on any atom is -0.388 e. The molecule has 188 valence electrons. The fourth-order valence-corrected chi connectivity index (χ4v) is 6.13. The zero-order valence-corrected chi connectivity index (χ0v) is 22.9. The van der Waals surface area contributed by atoms with Crippen LogP contribution in [0.2, 0.25) is 0 Å². The van der Waals surface area contributed by atoms with Gasteiger partial charge in [0.2, 0.25) is 0 Å². The normalized spacial score (nSPS) is 12.2. The molecule has 2 aromatic heterocycles. The number of benzene rings is 2. The Kier molecular flexibility index (Phi) is 8.14. The van der Waals surface area contributed by atoms with Gasteiger partial charge < -0.3 is 16.0 Å². The van der Waals surface area contributed by atoms with E-state index in [1.165, 1.54) is 22.7 Å². The minimum atomic E-state index is -1.52. The molecule has 0 saturated carbocycles. The van der Waals surface area contributed by atoms with Crippen molar-refractivity contribution >= 4 is 51.1 Å². The van der Waals surface area contributed by atoms with E-state index in [0.717, 1.165) is 31.7 Å². The lowest BCUT2D eigenvalue weighted by Gasteiger charge is -2.21. The van der Waals surface area contributed by atoms with E-state index in [2.05, 4.69) is 30.6 Å². The summed E-state index contributed by atoms with van der Waals surface area (Å²) in [6.45, 7) is 6.21. The zero-order valence-electron chi connectivity index (χ0n) is 20.4. The van der Waals surface area contributed by atoms with Crippen molar-refractivity contribution in [2.24, 2.45) is 0 Å². The molecule has 36 heavy (non-hydrogen) atoms. The predicted octanol–water partition coefficient (Wildman–Crippen LogP) is 5.71. The van der Waals surface area contributed by atoms with E-state index in [0.29, 0.717) is 17.1 Å². The second kappa shape index (κ2) is 11.3. The first kappa shape index (κ1) is 26.0. The number of carbonyl (C=O) groups excluding carboxylic acids is 1. The highest BCUT2D eigenvalue weighted by Gasteiger charge is 2.20. The van der Waals surface area contributed by atoms with E-state index >= 15 is 0 Å². The summed E-state index contributed by atoms with van der Waals surface area (Å²) in [7, 11) is 0.365. The molecule has 0 spiro atoms. The summed E-state index contributed by atoms with van der Waals surface area (Å²) in [6.07, 6.45) is 3.50. The number of amides is 2. The highest BCUT2D eigenvalue weighted by molar-refractivity contribution is 7.83. The van der Waals surface area contributed by atoms with Crippen molar-refractivity contribution in [3.8, 4) is 21.0 Å². The molecular formula is C25H28N6O2S3. The molecule has 0 saturated heterocycles. The van der Waals surface area contributed by atoms with Crippen LogP contribution in [0.25, 0.3) is 21.0 Å².